The van der Waals surface area contributed by atoms with Gasteiger partial charge in [-0.25, -0.2) is 0 Å². The second-order valence-corrected chi connectivity index (χ2v) is 4.24. The first kappa shape index (κ1) is 10.4. The third kappa shape index (κ3) is 2.46. The van der Waals surface area contributed by atoms with Crippen LogP contribution in [0, 0.1) is 0 Å². The molecule has 2 aromatic rings. The number of aromatic nitrogens is 2. The molecule has 3 nitrogen and oxygen atoms in total. The van der Waals surface area contributed by atoms with Crippen LogP contribution in [0.25, 0.3) is 0 Å². The van der Waals surface area contributed by atoms with Crippen molar-refractivity contribution in [1.29, 1.82) is 0 Å². The Morgan fingerprint density at radius 2 is 2.00 bits per heavy atom. The number of benzene rings is 1. The molecule has 0 radical (unpaired) electrons. The molecule has 0 atom stereocenters. The van der Waals surface area contributed by atoms with Crippen LogP contribution < -0.4 is 5.73 Å². The summed E-state index contributed by atoms with van der Waals surface area (Å²) in [5.74, 6) is 0. The molecule has 0 fully saturated rings. The van der Waals surface area contributed by atoms with Gasteiger partial charge in [0.05, 0.1) is 17.2 Å². The molecule has 0 aliphatic carbocycles. The summed E-state index contributed by atoms with van der Waals surface area (Å²) in [5, 5.41) is 4.22. The highest BCUT2D eigenvalue weighted by molar-refractivity contribution is 9.10. The number of halogens is 1. The van der Waals surface area contributed by atoms with Crippen molar-refractivity contribution in [1.82, 2.24) is 9.78 Å². The first-order valence-electron chi connectivity index (χ1n) is 4.74. The van der Waals surface area contributed by atoms with Crippen molar-refractivity contribution < 1.29 is 0 Å². The molecule has 2 N–H and O–H groups in total. The van der Waals surface area contributed by atoms with E-state index in [0.717, 1.165) is 11.0 Å². The van der Waals surface area contributed by atoms with Crippen LogP contribution in [0.1, 0.15) is 11.1 Å². The molecule has 0 saturated carbocycles. The second-order valence-electron chi connectivity index (χ2n) is 3.33. The number of nitrogens with two attached hydrogens (primary N) is 1. The Bertz CT molecular complexity index is 451. The van der Waals surface area contributed by atoms with Crippen LogP contribution in [0.4, 0.5) is 0 Å². The van der Waals surface area contributed by atoms with Gasteiger partial charge in [-0.3, -0.25) is 4.68 Å². The molecule has 15 heavy (non-hydrogen) atoms. The molecule has 0 amide bonds. The third-order valence-corrected chi connectivity index (χ3v) is 2.68. The first-order valence-corrected chi connectivity index (χ1v) is 5.53. The average molecular weight is 266 g/mol. The van der Waals surface area contributed by atoms with Gasteiger partial charge in [-0.05, 0) is 27.1 Å². The van der Waals surface area contributed by atoms with E-state index in [2.05, 4.69) is 27.1 Å². The maximum atomic E-state index is 5.67. The van der Waals surface area contributed by atoms with Crippen molar-refractivity contribution in [2.45, 2.75) is 13.1 Å². The van der Waals surface area contributed by atoms with Gasteiger partial charge in [-0.15, -0.1) is 0 Å². The third-order valence-electron chi connectivity index (χ3n) is 2.27. The summed E-state index contributed by atoms with van der Waals surface area (Å²) in [5.41, 5.74) is 8.06. The fourth-order valence-electron chi connectivity index (χ4n) is 1.51. The molecular formula is C11H12BrN3. The van der Waals surface area contributed by atoms with Crippen molar-refractivity contribution in [2.24, 2.45) is 5.73 Å². The lowest BCUT2D eigenvalue weighted by Gasteiger charge is -2.07. The molecule has 0 aliphatic rings. The number of nitrogens with zero attached hydrogens (tertiary/aromatic N) is 2. The fraction of sp³-hybridized carbons (Fsp3) is 0.182. The number of hydrogen-bond acceptors (Lipinski definition) is 2. The van der Waals surface area contributed by atoms with Crippen LogP contribution in [0.5, 0.6) is 0 Å². The molecule has 1 aromatic heterocycles. The average Bonchev–Trinajstić information content (AvgIpc) is 2.65. The highest BCUT2D eigenvalue weighted by Crippen LogP contribution is 2.12. The Morgan fingerprint density at radius 3 is 2.60 bits per heavy atom. The summed E-state index contributed by atoms with van der Waals surface area (Å²) in [6, 6.07) is 8.16. The lowest BCUT2D eigenvalue weighted by molar-refractivity contribution is 0.681. The van der Waals surface area contributed by atoms with Gasteiger partial charge in [0.25, 0.3) is 0 Å². The Labute approximate surface area is 97.0 Å². The van der Waals surface area contributed by atoms with Crippen molar-refractivity contribution in [2.75, 3.05) is 0 Å². The van der Waals surface area contributed by atoms with E-state index in [4.69, 9.17) is 5.73 Å². The summed E-state index contributed by atoms with van der Waals surface area (Å²) in [7, 11) is 0. The topological polar surface area (TPSA) is 43.8 Å². The Kier molecular flexibility index (Phi) is 3.18. The standard InChI is InChI=1S/C11H12BrN3/c12-11-6-14-15(8-11)7-10-4-2-1-3-9(10)5-13/h1-4,6,8H,5,7,13H2. The van der Waals surface area contributed by atoms with E-state index < -0.39 is 0 Å². The fourth-order valence-corrected chi connectivity index (χ4v) is 1.84. The highest BCUT2D eigenvalue weighted by Gasteiger charge is 2.01. The molecule has 0 unspecified atom stereocenters. The first-order chi connectivity index (χ1) is 7.29. The Balaban J connectivity index is 2.23. The number of hydrogen-bond donors (Lipinski definition) is 1. The molecule has 2 rings (SSSR count). The Morgan fingerprint density at radius 1 is 1.27 bits per heavy atom. The molecule has 0 bridgehead atoms. The molecular weight excluding hydrogens is 254 g/mol. The van der Waals surface area contributed by atoms with Crippen molar-refractivity contribution >= 4 is 15.9 Å². The highest BCUT2D eigenvalue weighted by atomic mass is 79.9. The van der Waals surface area contributed by atoms with E-state index in [0.29, 0.717) is 6.54 Å². The van der Waals surface area contributed by atoms with E-state index in [1.807, 2.05) is 29.1 Å². The van der Waals surface area contributed by atoms with E-state index in [1.165, 1.54) is 11.1 Å². The molecule has 0 aliphatic heterocycles. The molecule has 1 heterocycles. The molecule has 0 spiro atoms. The molecule has 4 heteroatoms. The lowest BCUT2D eigenvalue weighted by Crippen LogP contribution is -2.06. The summed E-state index contributed by atoms with van der Waals surface area (Å²) in [4.78, 5) is 0. The summed E-state index contributed by atoms with van der Waals surface area (Å²) in [6.07, 6.45) is 3.73. The van der Waals surface area contributed by atoms with Gasteiger partial charge in [-0.2, -0.15) is 5.10 Å². The normalized spacial score (nSPS) is 10.5. The van der Waals surface area contributed by atoms with Crippen LogP contribution in [-0.2, 0) is 13.1 Å². The zero-order valence-electron chi connectivity index (χ0n) is 8.23. The maximum absolute atomic E-state index is 5.67. The minimum absolute atomic E-state index is 0.568. The van der Waals surface area contributed by atoms with E-state index in [1.54, 1.807) is 6.20 Å². The van der Waals surface area contributed by atoms with Gasteiger partial charge >= 0.3 is 0 Å². The van der Waals surface area contributed by atoms with Crippen molar-refractivity contribution in [3.8, 4) is 0 Å². The van der Waals surface area contributed by atoms with Crippen LogP contribution in [0.15, 0.2) is 41.1 Å². The summed E-state index contributed by atoms with van der Waals surface area (Å²) >= 11 is 3.37. The predicted octanol–water partition coefficient (Wildman–Crippen LogP) is 2.15. The monoisotopic (exact) mass is 265 g/mol. The van der Waals surface area contributed by atoms with Crippen molar-refractivity contribution in [3.63, 3.8) is 0 Å². The van der Waals surface area contributed by atoms with E-state index in [-0.39, 0.29) is 0 Å². The minimum Gasteiger partial charge on any atom is -0.326 e. The van der Waals surface area contributed by atoms with E-state index in [9.17, 15) is 0 Å². The zero-order valence-corrected chi connectivity index (χ0v) is 9.81. The molecule has 0 saturated heterocycles. The SMILES string of the molecule is NCc1ccccc1Cn1cc(Br)cn1. The van der Waals surface area contributed by atoms with Crippen LogP contribution in [-0.4, -0.2) is 9.78 Å². The van der Waals surface area contributed by atoms with E-state index >= 15 is 0 Å². The van der Waals surface area contributed by atoms with Gasteiger partial charge < -0.3 is 5.73 Å². The summed E-state index contributed by atoms with van der Waals surface area (Å²) < 4.78 is 2.88. The van der Waals surface area contributed by atoms with Gasteiger partial charge in [0.1, 0.15) is 0 Å². The zero-order chi connectivity index (χ0) is 10.7. The number of rotatable bonds is 3. The molecule has 78 valence electrons. The predicted molar refractivity (Wildman–Crippen MR) is 63.4 cm³/mol. The minimum atomic E-state index is 0.568. The van der Waals surface area contributed by atoms with Crippen LogP contribution in [0.2, 0.25) is 0 Å². The van der Waals surface area contributed by atoms with Crippen LogP contribution in [0.3, 0.4) is 0 Å². The van der Waals surface area contributed by atoms with Gasteiger partial charge in [-0.1, -0.05) is 24.3 Å². The largest absolute Gasteiger partial charge is 0.326 e. The smallest absolute Gasteiger partial charge is 0.0662 e. The lowest BCUT2D eigenvalue weighted by atomic mass is 10.1. The van der Waals surface area contributed by atoms with Gasteiger partial charge in [0, 0.05) is 12.7 Å². The second kappa shape index (κ2) is 4.59. The summed E-state index contributed by atoms with van der Waals surface area (Å²) in [6.45, 7) is 1.33. The van der Waals surface area contributed by atoms with Gasteiger partial charge in [0.2, 0.25) is 0 Å². The van der Waals surface area contributed by atoms with Crippen LogP contribution >= 0.6 is 15.9 Å². The molecule has 1 aromatic carbocycles. The maximum Gasteiger partial charge on any atom is 0.0662 e. The van der Waals surface area contributed by atoms with Crippen molar-refractivity contribution in [3.05, 3.63) is 52.3 Å². The quantitative estimate of drug-likeness (QED) is 0.925. The Hall–Kier alpha value is -1.13. The van der Waals surface area contributed by atoms with Gasteiger partial charge in [0.15, 0.2) is 0 Å².